The first-order chi connectivity index (χ1) is 10.4. The van der Waals surface area contributed by atoms with E-state index in [2.05, 4.69) is 0 Å². The summed E-state index contributed by atoms with van der Waals surface area (Å²) >= 11 is 6.27. The third kappa shape index (κ3) is 2.95. The number of carboxylic acids is 1. The lowest BCUT2D eigenvalue weighted by Crippen LogP contribution is -2.15. The van der Waals surface area contributed by atoms with Gasteiger partial charge in [0, 0.05) is 16.1 Å². The largest absolute Gasteiger partial charge is 0.481 e. The molecule has 0 spiro atoms. The Labute approximate surface area is 136 Å². The van der Waals surface area contributed by atoms with Crippen LogP contribution < -0.4 is 0 Å². The van der Waals surface area contributed by atoms with Gasteiger partial charge in [-0.25, -0.2) is 0 Å². The number of hydrogen-bond donors (Lipinski definition) is 1. The maximum atomic E-state index is 11.8. The first kappa shape index (κ1) is 16.8. The number of aliphatic carboxylic acids is 1. The van der Waals surface area contributed by atoms with Crippen LogP contribution in [0.5, 0.6) is 0 Å². The van der Waals surface area contributed by atoms with Gasteiger partial charge < -0.3 is 5.11 Å². The highest BCUT2D eigenvalue weighted by Gasteiger charge is 2.25. The van der Waals surface area contributed by atoms with Crippen LogP contribution in [0.15, 0.2) is 12.1 Å². The molecule has 1 heterocycles. The van der Waals surface area contributed by atoms with Gasteiger partial charge in [0.25, 0.3) is 0 Å². The summed E-state index contributed by atoms with van der Waals surface area (Å²) in [5.41, 5.74) is 4.61. The molecule has 3 nitrogen and oxygen atoms in total. The fraction of sp³-hybridized carbons (Fsp3) is 0.444. The minimum Gasteiger partial charge on any atom is -0.481 e. The van der Waals surface area contributed by atoms with E-state index in [1.807, 2.05) is 39.8 Å². The minimum absolute atomic E-state index is 0.514. The molecule has 118 valence electrons. The van der Waals surface area contributed by atoms with Crippen molar-refractivity contribution < 1.29 is 9.90 Å². The number of carboxylic acid groups (broad SMARTS) is 1. The van der Waals surface area contributed by atoms with E-state index in [4.69, 9.17) is 16.6 Å². The van der Waals surface area contributed by atoms with Crippen LogP contribution in [0.3, 0.4) is 0 Å². The summed E-state index contributed by atoms with van der Waals surface area (Å²) in [6.45, 7) is 7.96. The van der Waals surface area contributed by atoms with Gasteiger partial charge in [0.15, 0.2) is 0 Å². The van der Waals surface area contributed by atoms with Crippen molar-refractivity contribution in [3.63, 3.8) is 0 Å². The Balaban J connectivity index is 2.86. The van der Waals surface area contributed by atoms with E-state index in [-0.39, 0.29) is 0 Å². The van der Waals surface area contributed by atoms with E-state index in [0.29, 0.717) is 11.4 Å². The van der Waals surface area contributed by atoms with Gasteiger partial charge in [-0.1, -0.05) is 31.9 Å². The molecule has 0 saturated carbocycles. The van der Waals surface area contributed by atoms with Crippen molar-refractivity contribution in [1.82, 2.24) is 4.98 Å². The topological polar surface area (TPSA) is 50.2 Å². The molecule has 1 aromatic carbocycles. The molecule has 0 aliphatic heterocycles. The van der Waals surface area contributed by atoms with E-state index in [0.717, 1.165) is 46.1 Å². The molecule has 0 aliphatic rings. The van der Waals surface area contributed by atoms with Crippen molar-refractivity contribution in [3.8, 4) is 0 Å². The molecule has 22 heavy (non-hydrogen) atoms. The molecular weight excluding hydrogens is 298 g/mol. The van der Waals surface area contributed by atoms with Crippen LogP contribution in [-0.4, -0.2) is 16.1 Å². The van der Waals surface area contributed by atoms with Gasteiger partial charge in [0.2, 0.25) is 0 Å². The SMILES string of the molecule is CCCC(C(=O)O)c1c(C)c(CC)nc2cc(C)c(Cl)cc12. The zero-order chi connectivity index (χ0) is 16.4. The molecule has 4 heteroatoms. The number of halogens is 1. The molecule has 1 aromatic heterocycles. The van der Waals surface area contributed by atoms with Crippen LogP contribution in [0.1, 0.15) is 55.0 Å². The number of rotatable bonds is 5. The highest BCUT2D eigenvalue weighted by molar-refractivity contribution is 6.32. The first-order valence-corrected chi connectivity index (χ1v) is 8.10. The van der Waals surface area contributed by atoms with Gasteiger partial charge in [-0.05, 0) is 55.5 Å². The van der Waals surface area contributed by atoms with Crippen molar-refractivity contribution in [2.45, 2.75) is 52.9 Å². The van der Waals surface area contributed by atoms with E-state index in [1.165, 1.54) is 0 Å². The van der Waals surface area contributed by atoms with Crippen molar-refractivity contribution in [2.75, 3.05) is 0 Å². The normalized spacial score (nSPS) is 12.6. The van der Waals surface area contributed by atoms with Gasteiger partial charge >= 0.3 is 5.97 Å². The van der Waals surface area contributed by atoms with Crippen molar-refractivity contribution in [1.29, 1.82) is 0 Å². The summed E-state index contributed by atoms with van der Waals surface area (Å²) in [7, 11) is 0. The summed E-state index contributed by atoms with van der Waals surface area (Å²) < 4.78 is 0. The van der Waals surface area contributed by atoms with Crippen molar-refractivity contribution in [3.05, 3.63) is 39.5 Å². The molecule has 2 aromatic rings. The van der Waals surface area contributed by atoms with Gasteiger partial charge in [-0.2, -0.15) is 0 Å². The number of aryl methyl sites for hydroxylation is 2. The average Bonchev–Trinajstić information content (AvgIpc) is 2.47. The standard InChI is InChI=1S/C18H22ClNO2/c1-5-7-12(18(21)22)17-11(4)15(6-2)20-16-8-10(3)14(19)9-13(16)17/h8-9,12H,5-7H2,1-4H3,(H,21,22). The maximum absolute atomic E-state index is 11.8. The lowest BCUT2D eigenvalue weighted by Gasteiger charge is -2.20. The van der Waals surface area contributed by atoms with E-state index >= 15 is 0 Å². The predicted octanol–water partition coefficient (Wildman–Crippen LogP) is 5.04. The molecule has 0 aliphatic carbocycles. The number of benzene rings is 1. The number of pyridine rings is 1. The molecule has 0 fully saturated rings. The first-order valence-electron chi connectivity index (χ1n) is 7.72. The third-order valence-electron chi connectivity index (χ3n) is 4.22. The lowest BCUT2D eigenvalue weighted by atomic mass is 9.87. The van der Waals surface area contributed by atoms with E-state index in [9.17, 15) is 9.90 Å². The highest BCUT2D eigenvalue weighted by Crippen LogP contribution is 2.35. The molecule has 1 N–H and O–H groups in total. The molecule has 1 atom stereocenters. The summed E-state index contributed by atoms with van der Waals surface area (Å²) in [4.78, 5) is 16.5. The Hall–Kier alpha value is -1.61. The molecule has 2 rings (SSSR count). The summed E-state index contributed by atoms with van der Waals surface area (Å²) in [6, 6.07) is 3.82. The second-order valence-electron chi connectivity index (χ2n) is 5.75. The Morgan fingerprint density at radius 2 is 2.00 bits per heavy atom. The van der Waals surface area contributed by atoms with Crippen molar-refractivity contribution >= 4 is 28.5 Å². The van der Waals surface area contributed by atoms with Crippen LogP contribution in [0, 0.1) is 13.8 Å². The Morgan fingerprint density at radius 1 is 1.32 bits per heavy atom. The number of fused-ring (bicyclic) bond motifs is 1. The maximum Gasteiger partial charge on any atom is 0.311 e. The van der Waals surface area contributed by atoms with Crippen LogP contribution in [0.2, 0.25) is 5.02 Å². The van der Waals surface area contributed by atoms with Crippen LogP contribution in [0.25, 0.3) is 10.9 Å². The Kier molecular flexibility index (Phi) is 5.07. The highest BCUT2D eigenvalue weighted by atomic mass is 35.5. The summed E-state index contributed by atoms with van der Waals surface area (Å²) in [6.07, 6.45) is 2.22. The fourth-order valence-corrected chi connectivity index (χ4v) is 3.20. The monoisotopic (exact) mass is 319 g/mol. The van der Waals surface area contributed by atoms with Gasteiger partial charge in [0.1, 0.15) is 0 Å². The molecule has 0 bridgehead atoms. The quantitative estimate of drug-likeness (QED) is 0.840. The zero-order valence-electron chi connectivity index (χ0n) is 13.5. The smallest absolute Gasteiger partial charge is 0.311 e. The molecule has 1 unspecified atom stereocenters. The summed E-state index contributed by atoms with van der Waals surface area (Å²) in [5, 5.41) is 11.2. The molecular formula is C18H22ClNO2. The second kappa shape index (κ2) is 6.66. The van der Waals surface area contributed by atoms with Gasteiger partial charge in [-0.3, -0.25) is 9.78 Å². The number of aromatic nitrogens is 1. The third-order valence-corrected chi connectivity index (χ3v) is 4.63. The van der Waals surface area contributed by atoms with E-state index < -0.39 is 11.9 Å². The van der Waals surface area contributed by atoms with Gasteiger partial charge in [0.05, 0.1) is 11.4 Å². The Bertz CT molecular complexity index is 725. The lowest BCUT2D eigenvalue weighted by molar-refractivity contribution is -0.139. The number of carbonyl (C=O) groups is 1. The Morgan fingerprint density at radius 3 is 2.55 bits per heavy atom. The molecule has 0 saturated heterocycles. The fourth-order valence-electron chi connectivity index (χ4n) is 3.03. The second-order valence-corrected chi connectivity index (χ2v) is 6.16. The molecule has 0 radical (unpaired) electrons. The predicted molar refractivity (Wildman–Crippen MR) is 90.9 cm³/mol. The average molecular weight is 320 g/mol. The number of nitrogens with zero attached hydrogens (tertiary/aromatic N) is 1. The molecule has 0 amide bonds. The van der Waals surface area contributed by atoms with Crippen LogP contribution in [-0.2, 0) is 11.2 Å². The minimum atomic E-state index is -0.781. The number of hydrogen-bond acceptors (Lipinski definition) is 2. The zero-order valence-corrected chi connectivity index (χ0v) is 14.3. The van der Waals surface area contributed by atoms with Crippen LogP contribution >= 0.6 is 11.6 Å². The van der Waals surface area contributed by atoms with E-state index in [1.54, 1.807) is 0 Å². The summed E-state index contributed by atoms with van der Waals surface area (Å²) in [5.74, 6) is -1.30. The van der Waals surface area contributed by atoms with Gasteiger partial charge in [-0.15, -0.1) is 0 Å². The van der Waals surface area contributed by atoms with Crippen LogP contribution in [0.4, 0.5) is 0 Å². The van der Waals surface area contributed by atoms with Crippen molar-refractivity contribution in [2.24, 2.45) is 0 Å².